The topological polar surface area (TPSA) is 32.6 Å². The molecule has 0 aliphatic carbocycles. The molecule has 2 aromatic carbocycles. The number of phenols is 1. The molecule has 98 valence electrons. The van der Waals surface area contributed by atoms with E-state index in [0.717, 1.165) is 16.8 Å². The van der Waals surface area contributed by atoms with E-state index in [1.807, 2.05) is 49.4 Å². The van der Waals surface area contributed by atoms with Crippen molar-refractivity contribution in [1.82, 2.24) is 0 Å². The van der Waals surface area contributed by atoms with Crippen LogP contribution in [-0.4, -0.2) is 11.3 Å². The van der Waals surface area contributed by atoms with Gasteiger partial charge in [-0.1, -0.05) is 30.3 Å². The van der Waals surface area contributed by atoms with Gasteiger partial charge in [0.15, 0.2) is 0 Å². The molecule has 2 nitrogen and oxygen atoms in total. The Hall–Kier alpha value is -0.796. The van der Waals surface area contributed by atoms with E-state index in [-0.39, 0.29) is 5.75 Å². The second-order valence-corrected chi connectivity index (χ2v) is 6.25. The molecule has 0 saturated heterocycles. The molecule has 0 atom stereocenters. The zero-order valence-corrected chi connectivity index (χ0v) is 13.4. The molecule has 19 heavy (non-hydrogen) atoms. The molecule has 2 rings (SSSR count). The summed E-state index contributed by atoms with van der Waals surface area (Å²) in [6, 6.07) is 15.1. The van der Waals surface area contributed by atoms with Gasteiger partial charge in [-0.2, -0.15) is 0 Å². The van der Waals surface area contributed by atoms with Crippen molar-refractivity contribution in [1.29, 1.82) is 0 Å². The quantitative estimate of drug-likeness (QED) is 0.621. The first-order chi connectivity index (χ1) is 9.19. The number of aliphatic imine (C=N–C) groups is 1. The van der Waals surface area contributed by atoms with Crippen molar-refractivity contribution in [2.45, 2.75) is 6.92 Å². The van der Waals surface area contributed by atoms with Crippen molar-refractivity contribution in [2.24, 2.45) is 4.99 Å². The number of halogens is 2. The summed E-state index contributed by atoms with van der Waals surface area (Å²) in [5, 5.41) is 9.68. The molecule has 2 aromatic rings. The average molecular weight is 330 g/mol. The second-order valence-electron chi connectivity index (χ2n) is 3.67. The van der Waals surface area contributed by atoms with E-state index in [2.05, 4.69) is 4.99 Å². The monoisotopic (exact) mass is 329 g/mol. The minimum atomic E-state index is -0.556. The van der Waals surface area contributed by atoms with Gasteiger partial charge < -0.3 is 5.11 Å². The molecule has 0 heterocycles. The van der Waals surface area contributed by atoms with Gasteiger partial charge in [0, 0.05) is 11.8 Å². The third kappa shape index (κ3) is 5.79. The summed E-state index contributed by atoms with van der Waals surface area (Å²) in [4.78, 5) is 4.31. The van der Waals surface area contributed by atoms with Gasteiger partial charge in [0.1, 0.15) is 5.75 Å². The number of rotatable bonds is 2. The first-order valence-electron chi connectivity index (χ1n) is 5.53. The van der Waals surface area contributed by atoms with E-state index < -0.39 is 17.0 Å². The second kappa shape index (κ2) is 9.16. The number of aryl methyl sites for hydroxylation is 1. The van der Waals surface area contributed by atoms with E-state index in [1.165, 1.54) is 0 Å². The van der Waals surface area contributed by atoms with Crippen LogP contribution in [0.3, 0.4) is 0 Å². The van der Waals surface area contributed by atoms with Crippen LogP contribution in [0.1, 0.15) is 11.1 Å². The van der Waals surface area contributed by atoms with Gasteiger partial charge in [0.2, 0.25) is 0 Å². The van der Waals surface area contributed by atoms with E-state index in [1.54, 1.807) is 12.3 Å². The van der Waals surface area contributed by atoms with E-state index in [0.29, 0.717) is 0 Å². The molecule has 0 aliphatic rings. The molecule has 0 spiro atoms. The molecular formula is C14H13Cl2NOTi. The molecule has 5 heteroatoms. The van der Waals surface area contributed by atoms with Crippen LogP contribution in [0.2, 0.25) is 0 Å². The predicted molar refractivity (Wildman–Crippen MR) is 78.2 cm³/mol. The van der Waals surface area contributed by atoms with Crippen LogP contribution < -0.4 is 0 Å². The Balaban J connectivity index is 0.000000550. The number of aromatic hydroxyl groups is 1. The fraction of sp³-hybridized carbons (Fsp3) is 0.0714. The maximum atomic E-state index is 9.68. The summed E-state index contributed by atoms with van der Waals surface area (Å²) in [7, 11) is 9.78. The van der Waals surface area contributed by atoms with Gasteiger partial charge in [-0.3, -0.25) is 4.99 Å². The standard InChI is InChI=1S/C14H13NO.2ClH.Ti/c1-11-6-5-9-14(16)13(11)10-15-12-7-3-2-4-8-12;;;/h2-10,16H,1H3;2*1H;/q;;;+2/p-2. The fourth-order valence-electron chi connectivity index (χ4n) is 1.49. The molecule has 0 aromatic heterocycles. The zero-order chi connectivity index (χ0) is 14.1. The van der Waals surface area contributed by atoms with Gasteiger partial charge in [-0.15, -0.1) is 0 Å². The Bertz CT molecular complexity index is 512. The molecule has 0 aliphatic heterocycles. The SMILES string of the molecule is Cc1cccc(O)c1C=Nc1ccccc1.[Cl][Ti][Cl]. The summed E-state index contributed by atoms with van der Waals surface area (Å²) in [6.07, 6.45) is 1.69. The number of phenolic OH excluding ortho intramolecular Hbond substituents is 1. The number of para-hydroxylation sites is 1. The number of benzene rings is 2. The third-order valence-electron chi connectivity index (χ3n) is 2.40. The number of nitrogens with zero attached hydrogens (tertiary/aromatic N) is 1. The summed E-state index contributed by atoms with van der Waals surface area (Å²) >= 11 is -0.556. The summed E-state index contributed by atoms with van der Waals surface area (Å²) in [5.41, 5.74) is 2.66. The molecule has 1 N–H and O–H groups in total. The molecule has 0 amide bonds. The first-order valence-corrected chi connectivity index (χ1v) is 9.82. The van der Waals surface area contributed by atoms with Gasteiger partial charge in [-0.25, -0.2) is 0 Å². The summed E-state index contributed by atoms with van der Waals surface area (Å²) in [6.45, 7) is 1.95. The number of hydrogen-bond donors (Lipinski definition) is 1. The van der Waals surface area contributed by atoms with Crippen molar-refractivity contribution in [3.8, 4) is 5.75 Å². The minimum absolute atomic E-state index is 0.264. The normalized spacial score (nSPS) is 9.84. The Morgan fingerprint density at radius 3 is 2.26 bits per heavy atom. The first kappa shape index (κ1) is 16.3. The Kier molecular flexibility index (Phi) is 7.84. The maximum absolute atomic E-state index is 9.68. The van der Waals surface area contributed by atoms with Crippen LogP contribution in [0.15, 0.2) is 53.5 Å². The van der Waals surface area contributed by atoms with E-state index in [4.69, 9.17) is 18.6 Å². The van der Waals surface area contributed by atoms with Crippen molar-refractivity contribution in [3.63, 3.8) is 0 Å². The van der Waals surface area contributed by atoms with Crippen molar-refractivity contribution in [2.75, 3.05) is 0 Å². The summed E-state index contributed by atoms with van der Waals surface area (Å²) < 4.78 is 0. The Morgan fingerprint density at radius 2 is 1.68 bits per heavy atom. The van der Waals surface area contributed by atoms with Crippen molar-refractivity contribution < 1.29 is 22.1 Å². The van der Waals surface area contributed by atoms with Crippen molar-refractivity contribution in [3.05, 3.63) is 59.7 Å². The van der Waals surface area contributed by atoms with Gasteiger partial charge >= 0.3 is 35.6 Å². The zero-order valence-electron chi connectivity index (χ0n) is 10.3. The van der Waals surface area contributed by atoms with Crippen LogP contribution in [0.25, 0.3) is 0 Å². The van der Waals surface area contributed by atoms with Crippen LogP contribution >= 0.6 is 18.6 Å². The van der Waals surface area contributed by atoms with Gasteiger partial charge in [-0.05, 0) is 30.7 Å². The fourth-order valence-corrected chi connectivity index (χ4v) is 1.49. The Labute approximate surface area is 129 Å². The van der Waals surface area contributed by atoms with Gasteiger partial charge in [0.25, 0.3) is 0 Å². The number of hydrogen-bond acceptors (Lipinski definition) is 2. The van der Waals surface area contributed by atoms with E-state index >= 15 is 0 Å². The van der Waals surface area contributed by atoms with Crippen LogP contribution in [0, 0.1) is 6.92 Å². The molecule has 0 bridgehead atoms. The van der Waals surface area contributed by atoms with Crippen molar-refractivity contribution >= 4 is 30.5 Å². The van der Waals surface area contributed by atoms with Gasteiger partial charge in [0.05, 0.1) is 5.69 Å². The van der Waals surface area contributed by atoms with E-state index in [9.17, 15) is 5.11 Å². The molecule has 0 fully saturated rings. The molecular weight excluding hydrogens is 317 g/mol. The molecule has 0 unspecified atom stereocenters. The Morgan fingerprint density at radius 1 is 1.05 bits per heavy atom. The predicted octanol–water partition coefficient (Wildman–Crippen LogP) is 4.83. The van der Waals surface area contributed by atoms with Crippen LogP contribution in [-0.2, 0) is 17.0 Å². The molecule has 0 saturated carbocycles. The third-order valence-corrected chi connectivity index (χ3v) is 2.40. The van der Waals surface area contributed by atoms with Crippen LogP contribution in [0.5, 0.6) is 5.75 Å². The van der Waals surface area contributed by atoms with Crippen LogP contribution in [0.4, 0.5) is 5.69 Å². The average Bonchev–Trinajstić information content (AvgIpc) is 2.40. The molecule has 0 radical (unpaired) electrons. The summed E-state index contributed by atoms with van der Waals surface area (Å²) in [5.74, 6) is 0.264.